The fourth-order valence-corrected chi connectivity index (χ4v) is 1.79. The van der Waals surface area contributed by atoms with E-state index in [2.05, 4.69) is 18.7 Å². The summed E-state index contributed by atoms with van der Waals surface area (Å²) >= 11 is 0. The molecule has 0 bridgehead atoms. The van der Waals surface area contributed by atoms with Crippen molar-refractivity contribution in [3.63, 3.8) is 0 Å². The summed E-state index contributed by atoms with van der Waals surface area (Å²) in [7, 11) is 2.02. The molecule has 0 aromatic heterocycles. The molecule has 0 amide bonds. The second-order valence-electron chi connectivity index (χ2n) is 5.14. The van der Waals surface area contributed by atoms with Gasteiger partial charge in [-0.25, -0.2) is 4.39 Å². The first kappa shape index (κ1) is 14.6. The van der Waals surface area contributed by atoms with Crippen LogP contribution < -0.4 is 5.73 Å². The van der Waals surface area contributed by atoms with Crippen LogP contribution in [0.3, 0.4) is 0 Å². The lowest BCUT2D eigenvalue weighted by Gasteiger charge is -2.19. The minimum Gasteiger partial charge on any atom is -0.384 e. The van der Waals surface area contributed by atoms with Crippen LogP contribution in [0.25, 0.3) is 0 Å². The Morgan fingerprint density at radius 2 is 2.11 bits per heavy atom. The van der Waals surface area contributed by atoms with E-state index in [0.717, 1.165) is 18.5 Å². The molecule has 3 nitrogen and oxygen atoms in total. The van der Waals surface area contributed by atoms with Gasteiger partial charge in [-0.05, 0) is 43.6 Å². The Kier molecular flexibility index (Phi) is 5.28. The smallest absolute Gasteiger partial charge is 0.123 e. The second-order valence-corrected chi connectivity index (χ2v) is 5.14. The molecule has 0 aliphatic rings. The molecule has 1 aromatic carbocycles. The molecule has 4 heteroatoms. The third-order valence-electron chi connectivity index (χ3n) is 2.89. The number of benzene rings is 1. The van der Waals surface area contributed by atoms with Crippen LogP contribution in [0.1, 0.15) is 31.4 Å². The van der Waals surface area contributed by atoms with Crippen molar-refractivity contribution in [3.05, 3.63) is 35.1 Å². The lowest BCUT2D eigenvalue weighted by Crippen LogP contribution is -2.23. The zero-order valence-electron chi connectivity index (χ0n) is 11.3. The van der Waals surface area contributed by atoms with Gasteiger partial charge in [0.05, 0.1) is 0 Å². The average Bonchev–Trinajstić information content (AvgIpc) is 2.28. The number of nitrogen functional groups attached to an aromatic ring is 1. The summed E-state index contributed by atoms with van der Waals surface area (Å²) in [4.78, 5) is 2.17. The maximum Gasteiger partial charge on any atom is 0.123 e. The van der Waals surface area contributed by atoms with Crippen LogP contribution in [-0.2, 0) is 6.54 Å². The Balaban J connectivity index is 2.74. The zero-order chi connectivity index (χ0) is 13.7. The molecule has 1 rings (SSSR count). The molecule has 0 atom stereocenters. The molecule has 0 spiro atoms. The number of hydrogen-bond donors (Lipinski definition) is 2. The van der Waals surface area contributed by atoms with E-state index < -0.39 is 0 Å². The van der Waals surface area contributed by atoms with Gasteiger partial charge in [0.2, 0.25) is 0 Å². The van der Waals surface area contributed by atoms with Crippen molar-refractivity contribution < 1.29 is 4.39 Å². The SMILES string of the molecule is CC(C)CCN(C)Cc1ccc(F)cc1C(=N)N. The average molecular weight is 251 g/mol. The molecule has 100 valence electrons. The van der Waals surface area contributed by atoms with E-state index in [1.54, 1.807) is 6.07 Å². The van der Waals surface area contributed by atoms with Gasteiger partial charge in [-0.3, -0.25) is 5.41 Å². The lowest BCUT2D eigenvalue weighted by molar-refractivity contribution is 0.303. The van der Waals surface area contributed by atoms with E-state index in [1.165, 1.54) is 12.1 Å². The molecular formula is C14H22FN3. The molecular weight excluding hydrogens is 229 g/mol. The van der Waals surface area contributed by atoms with Gasteiger partial charge >= 0.3 is 0 Å². The number of rotatable bonds is 6. The molecule has 0 radical (unpaired) electrons. The maximum atomic E-state index is 13.1. The summed E-state index contributed by atoms with van der Waals surface area (Å²) in [5.41, 5.74) is 6.87. The Morgan fingerprint density at radius 1 is 1.44 bits per heavy atom. The normalized spacial score (nSPS) is 11.2. The van der Waals surface area contributed by atoms with Crippen LogP contribution in [0.5, 0.6) is 0 Å². The molecule has 0 saturated carbocycles. The first-order valence-corrected chi connectivity index (χ1v) is 6.21. The lowest BCUT2D eigenvalue weighted by atomic mass is 10.1. The standard InChI is InChI=1S/C14H22FN3/c1-10(2)6-7-18(3)9-11-4-5-12(15)8-13(11)14(16)17/h4-5,8,10H,6-7,9H2,1-3H3,(H3,16,17). The Morgan fingerprint density at radius 3 is 2.67 bits per heavy atom. The van der Waals surface area contributed by atoms with Crippen LogP contribution in [0.15, 0.2) is 18.2 Å². The molecule has 0 aliphatic carbocycles. The summed E-state index contributed by atoms with van der Waals surface area (Å²) in [6.07, 6.45) is 1.12. The van der Waals surface area contributed by atoms with Crippen LogP contribution in [-0.4, -0.2) is 24.3 Å². The highest BCUT2D eigenvalue weighted by Crippen LogP contribution is 2.13. The Hall–Kier alpha value is -1.42. The minimum atomic E-state index is -0.353. The van der Waals surface area contributed by atoms with Crippen molar-refractivity contribution in [2.24, 2.45) is 11.7 Å². The van der Waals surface area contributed by atoms with Crippen molar-refractivity contribution >= 4 is 5.84 Å². The highest BCUT2D eigenvalue weighted by molar-refractivity contribution is 5.96. The minimum absolute atomic E-state index is 0.0817. The third-order valence-corrected chi connectivity index (χ3v) is 2.89. The van der Waals surface area contributed by atoms with Crippen molar-refractivity contribution in [3.8, 4) is 0 Å². The number of nitrogens with two attached hydrogens (primary N) is 1. The van der Waals surface area contributed by atoms with Crippen LogP contribution in [0.4, 0.5) is 4.39 Å². The highest BCUT2D eigenvalue weighted by atomic mass is 19.1. The molecule has 3 N–H and O–H groups in total. The fourth-order valence-electron chi connectivity index (χ4n) is 1.79. The topological polar surface area (TPSA) is 53.1 Å². The van der Waals surface area contributed by atoms with Crippen molar-refractivity contribution in [1.82, 2.24) is 4.90 Å². The molecule has 0 saturated heterocycles. The van der Waals surface area contributed by atoms with E-state index in [9.17, 15) is 4.39 Å². The van der Waals surface area contributed by atoms with E-state index in [1.807, 2.05) is 7.05 Å². The Bertz CT molecular complexity index is 416. The van der Waals surface area contributed by atoms with Crippen molar-refractivity contribution in [2.75, 3.05) is 13.6 Å². The first-order chi connectivity index (χ1) is 8.40. The quantitative estimate of drug-likeness (QED) is 0.603. The second kappa shape index (κ2) is 6.50. The predicted molar refractivity (Wildman–Crippen MR) is 73.2 cm³/mol. The van der Waals surface area contributed by atoms with E-state index in [4.69, 9.17) is 11.1 Å². The third kappa shape index (κ3) is 4.45. The maximum absolute atomic E-state index is 13.1. The van der Waals surface area contributed by atoms with Crippen LogP contribution in [0.2, 0.25) is 0 Å². The van der Waals surface area contributed by atoms with Crippen molar-refractivity contribution in [2.45, 2.75) is 26.8 Å². The number of nitrogens with one attached hydrogen (secondary N) is 1. The van der Waals surface area contributed by atoms with Gasteiger partial charge in [0.25, 0.3) is 0 Å². The van der Waals surface area contributed by atoms with Gasteiger partial charge < -0.3 is 10.6 Å². The number of nitrogens with zero attached hydrogens (tertiary/aromatic N) is 1. The van der Waals surface area contributed by atoms with E-state index >= 15 is 0 Å². The predicted octanol–water partition coefficient (Wildman–Crippen LogP) is 2.59. The van der Waals surface area contributed by atoms with Gasteiger partial charge in [-0.1, -0.05) is 19.9 Å². The molecule has 18 heavy (non-hydrogen) atoms. The summed E-state index contributed by atoms with van der Waals surface area (Å²) in [6, 6.07) is 4.45. The molecule has 0 heterocycles. The summed E-state index contributed by atoms with van der Waals surface area (Å²) in [6.45, 7) is 6.04. The number of amidine groups is 1. The molecule has 0 aliphatic heterocycles. The van der Waals surface area contributed by atoms with Gasteiger partial charge in [0.15, 0.2) is 0 Å². The van der Waals surface area contributed by atoms with Crippen LogP contribution >= 0.6 is 0 Å². The number of halogens is 1. The van der Waals surface area contributed by atoms with E-state index in [0.29, 0.717) is 18.0 Å². The fraction of sp³-hybridized carbons (Fsp3) is 0.500. The van der Waals surface area contributed by atoms with Gasteiger partial charge in [0.1, 0.15) is 11.7 Å². The first-order valence-electron chi connectivity index (χ1n) is 6.21. The summed E-state index contributed by atoms with van der Waals surface area (Å²) < 4.78 is 13.1. The molecule has 1 aromatic rings. The van der Waals surface area contributed by atoms with Gasteiger partial charge in [-0.15, -0.1) is 0 Å². The zero-order valence-corrected chi connectivity index (χ0v) is 11.3. The largest absolute Gasteiger partial charge is 0.384 e. The van der Waals surface area contributed by atoms with Gasteiger partial charge in [0, 0.05) is 12.1 Å². The van der Waals surface area contributed by atoms with Crippen LogP contribution in [0, 0.1) is 17.1 Å². The van der Waals surface area contributed by atoms with Crippen molar-refractivity contribution in [1.29, 1.82) is 5.41 Å². The summed E-state index contributed by atoms with van der Waals surface area (Å²) in [5.74, 6) is 0.225. The molecule has 0 fully saturated rings. The monoisotopic (exact) mass is 251 g/mol. The molecule has 0 unspecified atom stereocenters. The Labute approximate surface area is 108 Å². The number of hydrogen-bond acceptors (Lipinski definition) is 2. The van der Waals surface area contributed by atoms with Gasteiger partial charge in [-0.2, -0.15) is 0 Å². The highest BCUT2D eigenvalue weighted by Gasteiger charge is 2.09. The van der Waals surface area contributed by atoms with E-state index in [-0.39, 0.29) is 11.7 Å². The summed E-state index contributed by atoms with van der Waals surface area (Å²) in [5, 5.41) is 7.48.